The Morgan fingerprint density at radius 2 is 2.17 bits per heavy atom. The molecule has 92 valence electrons. The molecule has 1 aromatic carbocycles. The van der Waals surface area contributed by atoms with Gasteiger partial charge in [-0.05, 0) is 25.0 Å². The van der Waals surface area contributed by atoms with Gasteiger partial charge < -0.3 is 4.74 Å². The van der Waals surface area contributed by atoms with Crippen molar-refractivity contribution in [2.75, 3.05) is 6.61 Å². The van der Waals surface area contributed by atoms with Gasteiger partial charge >= 0.3 is 0 Å². The molecule has 0 bridgehead atoms. The Morgan fingerprint density at radius 3 is 2.94 bits per heavy atom. The van der Waals surface area contributed by atoms with Crippen LogP contribution in [0.3, 0.4) is 0 Å². The van der Waals surface area contributed by atoms with Crippen LogP contribution in [0.25, 0.3) is 0 Å². The van der Waals surface area contributed by atoms with Crippen LogP contribution in [0.2, 0.25) is 0 Å². The monoisotopic (exact) mass is 242 g/mol. The molecule has 18 heavy (non-hydrogen) atoms. The Morgan fingerprint density at radius 1 is 1.28 bits per heavy atom. The van der Waals surface area contributed by atoms with Gasteiger partial charge in [-0.15, -0.1) is 0 Å². The summed E-state index contributed by atoms with van der Waals surface area (Å²) in [5.74, 6) is 0.653. The minimum atomic E-state index is 0.578. The molecule has 5 nitrogen and oxygen atoms in total. The van der Waals surface area contributed by atoms with Crippen molar-refractivity contribution in [3.05, 3.63) is 42.5 Å². The van der Waals surface area contributed by atoms with Crippen molar-refractivity contribution in [1.82, 2.24) is 14.8 Å². The summed E-state index contributed by atoms with van der Waals surface area (Å²) in [5, 5.41) is 12.9. The first-order valence-corrected chi connectivity index (χ1v) is 5.84. The molecule has 1 heterocycles. The van der Waals surface area contributed by atoms with Crippen LogP contribution in [-0.2, 0) is 6.54 Å². The zero-order chi connectivity index (χ0) is 12.6. The van der Waals surface area contributed by atoms with Gasteiger partial charge in [0.25, 0.3) is 0 Å². The Hall–Kier alpha value is -2.35. The Labute approximate surface area is 106 Å². The Kier molecular flexibility index (Phi) is 4.31. The molecule has 0 saturated carbocycles. The van der Waals surface area contributed by atoms with E-state index in [1.54, 1.807) is 17.1 Å². The highest BCUT2D eigenvalue weighted by Crippen LogP contribution is 2.16. The molecule has 0 aliphatic heterocycles. The van der Waals surface area contributed by atoms with Gasteiger partial charge in [0.1, 0.15) is 24.5 Å². The van der Waals surface area contributed by atoms with Crippen molar-refractivity contribution in [2.24, 2.45) is 0 Å². The molecule has 1 aromatic heterocycles. The summed E-state index contributed by atoms with van der Waals surface area (Å²) in [7, 11) is 0. The highest BCUT2D eigenvalue weighted by Gasteiger charge is 2.01. The summed E-state index contributed by atoms with van der Waals surface area (Å²) >= 11 is 0. The zero-order valence-corrected chi connectivity index (χ0v) is 9.99. The molecule has 0 fully saturated rings. The van der Waals surface area contributed by atoms with E-state index in [-0.39, 0.29) is 0 Å². The first kappa shape index (κ1) is 12.1. The molecular formula is C13H14N4O. The third-order valence-electron chi connectivity index (χ3n) is 2.51. The lowest BCUT2D eigenvalue weighted by Gasteiger charge is -2.07. The van der Waals surface area contributed by atoms with Crippen molar-refractivity contribution in [1.29, 1.82) is 5.26 Å². The number of nitriles is 1. The Bertz CT molecular complexity index is 516. The summed E-state index contributed by atoms with van der Waals surface area (Å²) < 4.78 is 7.37. The van der Waals surface area contributed by atoms with E-state index in [1.807, 2.05) is 18.2 Å². The molecule has 0 aliphatic carbocycles. The maximum absolute atomic E-state index is 8.90. The van der Waals surface area contributed by atoms with Gasteiger partial charge in [-0.2, -0.15) is 10.4 Å². The highest BCUT2D eigenvalue weighted by atomic mass is 16.5. The lowest BCUT2D eigenvalue weighted by atomic mass is 10.2. The molecule has 0 saturated heterocycles. The topological polar surface area (TPSA) is 63.7 Å². The summed E-state index contributed by atoms with van der Waals surface area (Å²) in [6.45, 7) is 1.44. The number of aryl methyl sites for hydroxylation is 1. The second kappa shape index (κ2) is 6.40. The van der Waals surface area contributed by atoms with Crippen molar-refractivity contribution in [3.8, 4) is 11.8 Å². The van der Waals surface area contributed by atoms with Gasteiger partial charge in [-0.25, -0.2) is 4.98 Å². The third kappa shape index (κ3) is 3.32. The molecule has 0 unspecified atom stereocenters. The quantitative estimate of drug-likeness (QED) is 0.727. The van der Waals surface area contributed by atoms with Crippen molar-refractivity contribution >= 4 is 0 Å². The zero-order valence-electron chi connectivity index (χ0n) is 9.99. The normalized spacial score (nSPS) is 9.94. The van der Waals surface area contributed by atoms with Crippen LogP contribution in [0.1, 0.15) is 18.4 Å². The Balaban J connectivity index is 1.71. The van der Waals surface area contributed by atoms with Crippen LogP contribution in [0.5, 0.6) is 5.75 Å². The van der Waals surface area contributed by atoms with Gasteiger partial charge in [0.15, 0.2) is 0 Å². The number of benzene rings is 1. The van der Waals surface area contributed by atoms with Gasteiger partial charge in [0, 0.05) is 6.54 Å². The van der Waals surface area contributed by atoms with E-state index in [1.165, 1.54) is 6.33 Å². The fraction of sp³-hybridized carbons (Fsp3) is 0.308. The van der Waals surface area contributed by atoms with Gasteiger partial charge in [0.2, 0.25) is 0 Å². The smallest absolute Gasteiger partial charge is 0.137 e. The maximum Gasteiger partial charge on any atom is 0.137 e. The molecule has 0 spiro atoms. The number of aromatic nitrogens is 3. The predicted molar refractivity (Wildman–Crippen MR) is 65.9 cm³/mol. The van der Waals surface area contributed by atoms with Crippen molar-refractivity contribution < 1.29 is 4.74 Å². The highest BCUT2D eigenvalue weighted by molar-refractivity contribution is 5.42. The number of hydrogen-bond acceptors (Lipinski definition) is 4. The van der Waals surface area contributed by atoms with Gasteiger partial charge in [-0.3, -0.25) is 4.68 Å². The molecule has 0 radical (unpaired) electrons. The van der Waals surface area contributed by atoms with Crippen LogP contribution in [0.15, 0.2) is 36.9 Å². The summed E-state index contributed by atoms with van der Waals surface area (Å²) in [4.78, 5) is 3.88. The summed E-state index contributed by atoms with van der Waals surface area (Å²) in [6, 6.07) is 9.38. The standard InChI is InChI=1S/C13H14N4O/c14-9-12-5-1-2-6-13(12)18-8-4-3-7-17-11-15-10-16-17/h1-2,5-6,10-11H,3-4,7-8H2. The fourth-order valence-corrected chi connectivity index (χ4v) is 1.59. The first-order valence-electron chi connectivity index (χ1n) is 5.84. The molecule has 0 N–H and O–H groups in total. The van der Waals surface area contributed by atoms with Crippen LogP contribution in [0.4, 0.5) is 0 Å². The number of nitrogens with zero attached hydrogens (tertiary/aromatic N) is 4. The van der Waals surface area contributed by atoms with Crippen LogP contribution < -0.4 is 4.74 Å². The van der Waals surface area contributed by atoms with E-state index in [9.17, 15) is 0 Å². The number of unbranched alkanes of at least 4 members (excludes halogenated alkanes) is 1. The summed E-state index contributed by atoms with van der Waals surface area (Å²) in [5.41, 5.74) is 0.578. The number of rotatable bonds is 6. The molecule has 0 atom stereocenters. The van der Waals surface area contributed by atoms with Gasteiger partial charge in [0.05, 0.1) is 12.2 Å². The number of hydrogen-bond donors (Lipinski definition) is 0. The fourth-order valence-electron chi connectivity index (χ4n) is 1.59. The molecule has 2 rings (SSSR count). The van der Waals surface area contributed by atoms with Crippen molar-refractivity contribution in [2.45, 2.75) is 19.4 Å². The van der Waals surface area contributed by atoms with E-state index < -0.39 is 0 Å². The van der Waals surface area contributed by atoms with E-state index in [2.05, 4.69) is 16.2 Å². The SMILES string of the molecule is N#Cc1ccccc1OCCCCn1cncn1. The third-order valence-corrected chi connectivity index (χ3v) is 2.51. The van der Waals surface area contributed by atoms with Crippen LogP contribution in [-0.4, -0.2) is 21.4 Å². The number of ether oxygens (including phenoxy) is 1. The maximum atomic E-state index is 8.90. The predicted octanol–water partition coefficient (Wildman–Crippen LogP) is 2.01. The van der Waals surface area contributed by atoms with Crippen LogP contribution >= 0.6 is 0 Å². The number of para-hydroxylation sites is 1. The second-order valence-corrected chi connectivity index (χ2v) is 3.82. The molecule has 0 amide bonds. The molecule has 2 aromatic rings. The van der Waals surface area contributed by atoms with Crippen molar-refractivity contribution in [3.63, 3.8) is 0 Å². The molecule has 0 aliphatic rings. The molecular weight excluding hydrogens is 228 g/mol. The average Bonchev–Trinajstić information content (AvgIpc) is 2.92. The largest absolute Gasteiger partial charge is 0.492 e. The second-order valence-electron chi connectivity index (χ2n) is 3.82. The van der Waals surface area contributed by atoms with Gasteiger partial charge in [-0.1, -0.05) is 12.1 Å². The van der Waals surface area contributed by atoms with Crippen LogP contribution in [0, 0.1) is 11.3 Å². The first-order chi connectivity index (χ1) is 8.90. The van der Waals surface area contributed by atoms with E-state index in [0.717, 1.165) is 19.4 Å². The minimum absolute atomic E-state index is 0.578. The summed E-state index contributed by atoms with van der Waals surface area (Å²) in [6.07, 6.45) is 5.11. The lowest BCUT2D eigenvalue weighted by Crippen LogP contribution is -2.03. The van der Waals surface area contributed by atoms with E-state index >= 15 is 0 Å². The van der Waals surface area contributed by atoms with E-state index in [4.69, 9.17) is 10.00 Å². The van der Waals surface area contributed by atoms with E-state index in [0.29, 0.717) is 17.9 Å². The average molecular weight is 242 g/mol. The minimum Gasteiger partial charge on any atom is -0.492 e. The molecule has 5 heteroatoms. The lowest BCUT2D eigenvalue weighted by molar-refractivity contribution is 0.301.